The van der Waals surface area contributed by atoms with Crippen LogP contribution in [0.15, 0.2) is 36.4 Å². The molecule has 0 saturated carbocycles. The molecule has 1 fully saturated rings. The number of carbonyl (C=O) groups is 1. The molecule has 2 heterocycles. The largest absolute Gasteiger partial charge is 0.349 e. The zero-order valence-electron chi connectivity index (χ0n) is 16.7. The van der Waals surface area contributed by atoms with Crippen molar-refractivity contribution in [2.45, 2.75) is 31.3 Å². The average molecular weight is 476 g/mol. The molecule has 0 bridgehead atoms. The quantitative estimate of drug-likeness (QED) is 0.666. The van der Waals surface area contributed by atoms with Gasteiger partial charge in [-0.1, -0.05) is 42.8 Å². The van der Waals surface area contributed by atoms with Gasteiger partial charge in [-0.3, -0.25) is 9.69 Å². The normalized spacial score (nSPS) is 23.1. The molecule has 0 spiro atoms. The fraction of sp³-hybridized carbons (Fsp3) is 0.429. The van der Waals surface area contributed by atoms with Crippen molar-refractivity contribution in [3.05, 3.63) is 64.2 Å². The van der Waals surface area contributed by atoms with Crippen molar-refractivity contribution in [1.82, 2.24) is 20.5 Å². The molecule has 1 aliphatic heterocycles. The smallest absolute Gasteiger partial charge is 0.241 e. The van der Waals surface area contributed by atoms with E-state index in [0.29, 0.717) is 12.1 Å². The second-order valence-electron chi connectivity index (χ2n) is 7.54. The van der Waals surface area contributed by atoms with E-state index < -0.39 is 11.4 Å². The minimum Gasteiger partial charge on any atom is -0.349 e. The van der Waals surface area contributed by atoms with Gasteiger partial charge in [0.1, 0.15) is 16.5 Å². The van der Waals surface area contributed by atoms with Crippen LogP contribution in [0.5, 0.6) is 0 Å². The van der Waals surface area contributed by atoms with Crippen LogP contribution in [0.1, 0.15) is 29.7 Å². The van der Waals surface area contributed by atoms with Crippen LogP contribution < -0.4 is 10.6 Å². The van der Waals surface area contributed by atoms with Crippen LogP contribution in [-0.2, 0) is 17.8 Å². The summed E-state index contributed by atoms with van der Waals surface area (Å²) in [5.41, 5.74) is 2.21. The lowest BCUT2D eigenvalue weighted by molar-refractivity contribution is -0.135. The van der Waals surface area contributed by atoms with Gasteiger partial charge in [0, 0.05) is 44.6 Å². The number of halogens is 4. The monoisotopic (exact) mass is 474 g/mol. The third kappa shape index (κ3) is 4.58. The van der Waals surface area contributed by atoms with Gasteiger partial charge in [0.25, 0.3) is 0 Å². The number of pyridine rings is 1. The molecule has 1 aliphatic carbocycles. The number of aromatic nitrogens is 1. The maximum Gasteiger partial charge on any atom is 0.241 e. The molecule has 1 saturated heterocycles. The molecule has 9 heteroatoms. The van der Waals surface area contributed by atoms with Crippen LogP contribution in [-0.4, -0.2) is 47.5 Å². The van der Waals surface area contributed by atoms with Crippen molar-refractivity contribution >= 4 is 42.3 Å². The molecule has 2 unspecified atom stereocenters. The second kappa shape index (κ2) is 10.2. The van der Waals surface area contributed by atoms with E-state index in [-0.39, 0.29) is 48.3 Å². The van der Waals surface area contributed by atoms with Gasteiger partial charge in [0.05, 0.1) is 12.2 Å². The van der Waals surface area contributed by atoms with Gasteiger partial charge < -0.3 is 10.6 Å². The Morgan fingerprint density at radius 3 is 2.67 bits per heavy atom. The summed E-state index contributed by atoms with van der Waals surface area (Å²) in [5, 5.41) is 6.46. The summed E-state index contributed by atoms with van der Waals surface area (Å²) in [7, 11) is 0. The van der Waals surface area contributed by atoms with E-state index in [2.05, 4.69) is 39.6 Å². The Kier molecular flexibility index (Phi) is 8.48. The summed E-state index contributed by atoms with van der Waals surface area (Å²) < 4.78 is 13.6. The second-order valence-corrected chi connectivity index (χ2v) is 7.93. The number of hydrogen-bond donors (Lipinski definition) is 2. The zero-order valence-corrected chi connectivity index (χ0v) is 19.0. The minimum absolute atomic E-state index is 0. The van der Waals surface area contributed by atoms with E-state index in [4.69, 9.17) is 11.6 Å². The van der Waals surface area contributed by atoms with Gasteiger partial charge in [0.2, 0.25) is 5.91 Å². The van der Waals surface area contributed by atoms with Gasteiger partial charge in [-0.15, -0.1) is 24.8 Å². The number of fused-ring (bicyclic) bond motifs is 1. The van der Waals surface area contributed by atoms with Gasteiger partial charge in [-0.2, -0.15) is 0 Å². The molecule has 1 amide bonds. The Morgan fingerprint density at radius 2 is 2.00 bits per heavy atom. The number of piperazine rings is 1. The van der Waals surface area contributed by atoms with E-state index in [0.717, 1.165) is 32.2 Å². The number of nitrogens with one attached hydrogen (secondary N) is 2. The third-order valence-electron chi connectivity index (χ3n) is 6.01. The summed E-state index contributed by atoms with van der Waals surface area (Å²) in [6, 6.07) is 10.7. The molecule has 30 heavy (non-hydrogen) atoms. The Balaban J connectivity index is 0.00000160. The van der Waals surface area contributed by atoms with Crippen LogP contribution >= 0.6 is 36.4 Å². The highest BCUT2D eigenvalue weighted by Crippen LogP contribution is 2.44. The van der Waals surface area contributed by atoms with Crippen LogP contribution in [0, 0.1) is 5.82 Å². The first-order valence-corrected chi connectivity index (χ1v) is 10.0. The fourth-order valence-electron chi connectivity index (χ4n) is 4.62. The molecule has 2 aromatic rings. The summed E-state index contributed by atoms with van der Waals surface area (Å²) >= 11 is 5.85. The van der Waals surface area contributed by atoms with Crippen molar-refractivity contribution < 1.29 is 9.18 Å². The van der Waals surface area contributed by atoms with Gasteiger partial charge in [0.15, 0.2) is 0 Å². The maximum atomic E-state index is 13.6. The van der Waals surface area contributed by atoms with Crippen LogP contribution in [0.25, 0.3) is 0 Å². The summed E-state index contributed by atoms with van der Waals surface area (Å²) in [4.78, 5) is 20.0. The number of hydrogen-bond acceptors (Lipinski definition) is 4. The highest BCUT2D eigenvalue weighted by molar-refractivity contribution is 6.29. The topological polar surface area (TPSA) is 57.3 Å². The fourth-order valence-corrected chi connectivity index (χ4v) is 4.83. The predicted molar refractivity (Wildman–Crippen MR) is 121 cm³/mol. The molecule has 1 aromatic heterocycles. The van der Waals surface area contributed by atoms with Crippen molar-refractivity contribution in [2.24, 2.45) is 0 Å². The van der Waals surface area contributed by atoms with Gasteiger partial charge in [-0.05, 0) is 17.2 Å². The standard InChI is InChI=1S/C21H24ClFN4O.2ClH/c1-14-18-5-3-2-4-15(18)12-21(14,27-8-6-24-7-9-27)20(28)25-13-17-10-16(23)11-19(22)26-17;;/h2-5,10-11,14,24H,6-9,12-13H2,1H3,(H,25,28);2*1H. The molecule has 0 radical (unpaired) electrons. The van der Waals surface area contributed by atoms with E-state index in [1.165, 1.54) is 17.2 Å². The molecule has 1 aromatic carbocycles. The molecule has 2 atom stereocenters. The molecule has 5 nitrogen and oxygen atoms in total. The van der Waals surface area contributed by atoms with Crippen molar-refractivity contribution in [2.75, 3.05) is 26.2 Å². The third-order valence-corrected chi connectivity index (χ3v) is 6.21. The Labute approximate surface area is 193 Å². The van der Waals surface area contributed by atoms with Crippen LogP contribution in [0.4, 0.5) is 4.39 Å². The highest BCUT2D eigenvalue weighted by atomic mass is 35.5. The lowest BCUT2D eigenvalue weighted by atomic mass is 9.82. The molecule has 4 rings (SSSR count). The lowest BCUT2D eigenvalue weighted by Gasteiger charge is -2.45. The molecule has 164 valence electrons. The molecular weight excluding hydrogens is 450 g/mol. The van der Waals surface area contributed by atoms with Crippen molar-refractivity contribution in [1.29, 1.82) is 0 Å². The van der Waals surface area contributed by atoms with E-state index in [1.54, 1.807) is 0 Å². The first-order valence-electron chi connectivity index (χ1n) is 9.64. The number of amides is 1. The van der Waals surface area contributed by atoms with Crippen LogP contribution in [0.2, 0.25) is 5.15 Å². The minimum atomic E-state index is -0.650. The Hall–Kier alpha value is -1.44. The lowest BCUT2D eigenvalue weighted by Crippen LogP contribution is -2.64. The molecule has 2 N–H and O–H groups in total. The van der Waals surface area contributed by atoms with E-state index in [1.807, 2.05) is 12.1 Å². The average Bonchev–Trinajstić information content (AvgIpc) is 3.00. The zero-order chi connectivity index (χ0) is 19.7. The summed E-state index contributed by atoms with van der Waals surface area (Å²) in [6.45, 7) is 5.63. The number of benzene rings is 1. The maximum absolute atomic E-state index is 13.6. The summed E-state index contributed by atoms with van der Waals surface area (Å²) in [6.07, 6.45) is 0.674. The SMILES string of the molecule is CC1c2ccccc2CC1(C(=O)NCc1cc(F)cc(Cl)n1)N1CCNCC1.Cl.Cl. The van der Waals surface area contributed by atoms with Gasteiger partial charge in [-0.25, -0.2) is 9.37 Å². The van der Waals surface area contributed by atoms with Crippen molar-refractivity contribution in [3.63, 3.8) is 0 Å². The highest BCUT2D eigenvalue weighted by Gasteiger charge is 2.53. The van der Waals surface area contributed by atoms with E-state index in [9.17, 15) is 9.18 Å². The first-order chi connectivity index (χ1) is 13.5. The Bertz CT molecular complexity index is 874. The van der Waals surface area contributed by atoms with E-state index >= 15 is 0 Å². The van der Waals surface area contributed by atoms with Crippen molar-refractivity contribution in [3.8, 4) is 0 Å². The molecular formula is C21H26Cl3FN4O. The Morgan fingerprint density at radius 1 is 1.30 bits per heavy atom. The summed E-state index contributed by atoms with van der Waals surface area (Å²) in [5.74, 6) is -0.436. The number of nitrogens with zero attached hydrogens (tertiary/aromatic N) is 2. The predicted octanol–water partition coefficient (Wildman–Crippen LogP) is 3.34. The van der Waals surface area contributed by atoms with Gasteiger partial charge >= 0.3 is 0 Å². The van der Waals surface area contributed by atoms with Crippen LogP contribution in [0.3, 0.4) is 0 Å². The number of carbonyl (C=O) groups excluding carboxylic acids is 1. The number of rotatable bonds is 4. The molecule has 2 aliphatic rings. The first kappa shape index (κ1) is 24.8.